The molecule has 1 heterocycles. The highest BCUT2D eigenvalue weighted by atomic mass is 35.5. The number of hydrogen-bond acceptors (Lipinski definition) is 4. The van der Waals surface area contributed by atoms with Crippen LogP contribution in [0.3, 0.4) is 0 Å². The minimum atomic E-state index is -0.0315. The molecule has 2 aromatic rings. The first-order chi connectivity index (χ1) is 10.1. The Balaban J connectivity index is 1.79. The van der Waals surface area contributed by atoms with E-state index in [0.717, 1.165) is 23.0 Å². The second kappa shape index (κ2) is 7.47. The minimum Gasteiger partial charge on any atom is -0.351 e. The molecule has 1 aromatic carbocycles. The molecule has 0 aliphatic carbocycles. The highest BCUT2D eigenvalue weighted by Gasteiger charge is 2.10. The van der Waals surface area contributed by atoms with Gasteiger partial charge in [0.05, 0.1) is 5.75 Å². The maximum Gasteiger partial charge on any atom is 0.230 e. The van der Waals surface area contributed by atoms with Gasteiger partial charge in [0.15, 0.2) is 5.16 Å². The summed E-state index contributed by atoms with van der Waals surface area (Å²) >= 11 is 7.20. The number of aryl methyl sites for hydroxylation is 1. The van der Waals surface area contributed by atoms with E-state index in [4.69, 9.17) is 11.6 Å². The summed E-state index contributed by atoms with van der Waals surface area (Å²) in [6.07, 6.45) is 0.826. The number of nitrogens with zero attached hydrogens (tertiary/aromatic N) is 3. The summed E-state index contributed by atoms with van der Waals surface area (Å²) in [7, 11) is 1.91. The SMILES string of the molecule is CCc1nnc(SCC(=O)NCc2ccc(Cl)cc2)n1C. The highest BCUT2D eigenvalue weighted by Crippen LogP contribution is 2.15. The molecule has 0 saturated heterocycles. The van der Waals surface area contributed by atoms with Gasteiger partial charge in [0.1, 0.15) is 5.82 Å². The van der Waals surface area contributed by atoms with Crippen LogP contribution < -0.4 is 5.32 Å². The van der Waals surface area contributed by atoms with Crippen LogP contribution in [0.4, 0.5) is 0 Å². The van der Waals surface area contributed by atoms with E-state index in [1.807, 2.05) is 42.8 Å². The number of rotatable bonds is 6. The lowest BCUT2D eigenvalue weighted by atomic mass is 10.2. The van der Waals surface area contributed by atoms with E-state index < -0.39 is 0 Å². The van der Waals surface area contributed by atoms with E-state index in [-0.39, 0.29) is 5.91 Å². The largest absolute Gasteiger partial charge is 0.351 e. The van der Waals surface area contributed by atoms with Crippen LogP contribution in [0.2, 0.25) is 5.02 Å². The normalized spacial score (nSPS) is 10.6. The first-order valence-corrected chi connectivity index (χ1v) is 7.98. The van der Waals surface area contributed by atoms with Crippen molar-refractivity contribution in [3.05, 3.63) is 40.7 Å². The topological polar surface area (TPSA) is 59.8 Å². The third-order valence-electron chi connectivity index (χ3n) is 2.98. The zero-order chi connectivity index (χ0) is 15.2. The van der Waals surface area contributed by atoms with Crippen molar-refractivity contribution in [2.45, 2.75) is 25.0 Å². The fourth-order valence-corrected chi connectivity index (χ4v) is 2.65. The van der Waals surface area contributed by atoms with Gasteiger partial charge >= 0.3 is 0 Å². The molecule has 0 unspecified atom stereocenters. The van der Waals surface area contributed by atoms with Crippen LogP contribution in [0, 0.1) is 0 Å². The second-order valence-electron chi connectivity index (χ2n) is 4.50. The quantitative estimate of drug-likeness (QED) is 0.829. The van der Waals surface area contributed by atoms with E-state index in [9.17, 15) is 4.79 Å². The second-order valence-corrected chi connectivity index (χ2v) is 5.88. The Morgan fingerprint density at radius 3 is 2.67 bits per heavy atom. The molecule has 0 fully saturated rings. The van der Waals surface area contributed by atoms with Gasteiger partial charge in [-0.25, -0.2) is 0 Å². The number of hydrogen-bond donors (Lipinski definition) is 1. The highest BCUT2D eigenvalue weighted by molar-refractivity contribution is 7.99. The molecule has 0 atom stereocenters. The fourth-order valence-electron chi connectivity index (χ4n) is 1.76. The Hall–Kier alpha value is -1.53. The first kappa shape index (κ1) is 15.9. The van der Waals surface area contributed by atoms with Crippen molar-refractivity contribution < 1.29 is 4.79 Å². The Labute approximate surface area is 133 Å². The molecule has 1 N–H and O–H groups in total. The average molecular weight is 325 g/mol. The zero-order valence-electron chi connectivity index (χ0n) is 12.0. The van der Waals surface area contributed by atoms with Gasteiger partial charge < -0.3 is 9.88 Å². The molecule has 0 spiro atoms. The van der Waals surface area contributed by atoms with Crippen molar-refractivity contribution in [3.8, 4) is 0 Å². The Morgan fingerprint density at radius 1 is 1.33 bits per heavy atom. The number of aromatic nitrogens is 3. The number of thioether (sulfide) groups is 1. The molecule has 0 aliphatic rings. The Kier molecular flexibility index (Phi) is 5.64. The standard InChI is InChI=1S/C14H17ClN4OS/c1-3-12-17-18-14(19(12)2)21-9-13(20)16-8-10-4-6-11(15)7-5-10/h4-7H,3,8-9H2,1-2H3,(H,16,20). The summed E-state index contributed by atoms with van der Waals surface area (Å²) in [5.74, 6) is 1.21. The van der Waals surface area contributed by atoms with Crippen LogP contribution in [0.15, 0.2) is 29.4 Å². The molecule has 1 aromatic heterocycles. The lowest BCUT2D eigenvalue weighted by molar-refractivity contribution is -0.118. The van der Waals surface area contributed by atoms with Gasteiger partial charge in [-0.3, -0.25) is 4.79 Å². The number of amides is 1. The smallest absolute Gasteiger partial charge is 0.230 e. The van der Waals surface area contributed by atoms with Gasteiger partial charge in [-0.05, 0) is 17.7 Å². The fraction of sp³-hybridized carbons (Fsp3) is 0.357. The molecule has 0 aliphatic heterocycles. The van der Waals surface area contributed by atoms with Crippen LogP contribution in [0.1, 0.15) is 18.3 Å². The molecule has 0 saturated carbocycles. The van der Waals surface area contributed by atoms with Crippen molar-refractivity contribution in [2.75, 3.05) is 5.75 Å². The van der Waals surface area contributed by atoms with Crippen molar-refractivity contribution in [3.63, 3.8) is 0 Å². The van der Waals surface area contributed by atoms with Crippen molar-refractivity contribution >= 4 is 29.3 Å². The molecule has 0 radical (unpaired) electrons. The van der Waals surface area contributed by atoms with Crippen LogP contribution in [-0.2, 0) is 24.8 Å². The predicted octanol–water partition coefficient (Wildman–Crippen LogP) is 2.44. The molecule has 5 nitrogen and oxygen atoms in total. The van der Waals surface area contributed by atoms with E-state index in [0.29, 0.717) is 17.3 Å². The maximum atomic E-state index is 11.8. The summed E-state index contributed by atoms with van der Waals surface area (Å²) in [6.45, 7) is 2.52. The van der Waals surface area contributed by atoms with Crippen LogP contribution >= 0.6 is 23.4 Å². The van der Waals surface area contributed by atoms with Gasteiger partial charge in [-0.2, -0.15) is 0 Å². The number of carbonyl (C=O) groups excluding carboxylic acids is 1. The molecule has 21 heavy (non-hydrogen) atoms. The third kappa shape index (κ3) is 4.47. The van der Waals surface area contributed by atoms with Gasteiger partial charge in [0, 0.05) is 25.0 Å². The molecule has 7 heteroatoms. The minimum absolute atomic E-state index is 0.0315. The monoisotopic (exact) mass is 324 g/mol. The van der Waals surface area contributed by atoms with Gasteiger partial charge in [0.2, 0.25) is 5.91 Å². The maximum absolute atomic E-state index is 11.8. The van der Waals surface area contributed by atoms with Crippen molar-refractivity contribution in [1.82, 2.24) is 20.1 Å². The Morgan fingerprint density at radius 2 is 2.05 bits per heavy atom. The predicted molar refractivity (Wildman–Crippen MR) is 84.4 cm³/mol. The van der Waals surface area contributed by atoms with Crippen LogP contribution in [0.5, 0.6) is 0 Å². The van der Waals surface area contributed by atoms with Crippen molar-refractivity contribution in [1.29, 1.82) is 0 Å². The molecule has 112 valence electrons. The summed E-state index contributed by atoms with van der Waals surface area (Å²) in [5.41, 5.74) is 1.02. The lowest BCUT2D eigenvalue weighted by Gasteiger charge is -2.05. The van der Waals surface area contributed by atoms with E-state index >= 15 is 0 Å². The molecule has 0 bridgehead atoms. The van der Waals surface area contributed by atoms with Crippen LogP contribution in [-0.4, -0.2) is 26.4 Å². The third-order valence-corrected chi connectivity index (χ3v) is 4.25. The molecule has 2 rings (SSSR count). The molecular weight excluding hydrogens is 308 g/mol. The number of benzene rings is 1. The van der Waals surface area contributed by atoms with Crippen LogP contribution in [0.25, 0.3) is 0 Å². The average Bonchev–Trinajstić information content (AvgIpc) is 2.85. The van der Waals surface area contributed by atoms with E-state index in [1.165, 1.54) is 11.8 Å². The van der Waals surface area contributed by atoms with Crippen molar-refractivity contribution in [2.24, 2.45) is 7.05 Å². The molecular formula is C14H17ClN4OS. The number of nitrogens with one attached hydrogen (secondary N) is 1. The van der Waals surface area contributed by atoms with Gasteiger partial charge in [-0.1, -0.05) is 42.4 Å². The first-order valence-electron chi connectivity index (χ1n) is 6.62. The number of carbonyl (C=O) groups is 1. The summed E-state index contributed by atoms with van der Waals surface area (Å²) < 4.78 is 1.91. The zero-order valence-corrected chi connectivity index (χ0v) is 13.5. The summed E-state index contributed by atoms with van der Waals surface area (Å²) in [6, 6.07) is 7.41. The summed E-state index contributed by atoms with van der Waals surface area (Å²) in [4.78, 5) is 11.8. The Bertz CT molecular complexity index is 612. The number of halogens is 1. The van der Waals surface area contributed by atoms with Gasteiger partial charge in [-0.15, -0.1) is 10.2 Å². The van der Waals surface area contributed by atoms with E-state index in [1.54, 1.807) is 0 Å². The molecule has 1 amide bonds. The van der Waals surface area contributed by atoms with E-state index in [2.05, 4.69) is 15.5 Å². The summed E-state index contributed by atoms with van der Waals surface area (Å²) in [5, 5.41) is 12.4. The van der Waals surface area contributed by atoms with Gasteiger partial charge in [0.25, 0.3) is 0 Å². The lowest BCUT2D eigenvalue weighted by Crippen LogP contribution is -2.24.